The summed E-state index contributed by atoms with van der Waals surface area (Å²) in [7, 11) is 0. The van der Waals surface area contributed by atoms with Crippen LogP contribution in [0.15, 0.2) is 18.2 Å². The van der Waals surface area contributed by atoms with E-state index in [2.05, 4.69) is 0 Å². The molecule has 146 valence electrons. The predicted octanol–water partition coefficient (Wildman–Crippen LogP) is 2.97. The van der Waals surface area contributed by atoms with Crippen molar-refractivity contribution in [1.82, 2.24) is 9.80 Å². The van der Waals surface area contributed by atoms with Crippen molar-refractivity contribution in [3.63, 3.8) is 0 Å². The Morgan fingerprint density at radius 2 is 1.81 bits per heavy atom. The molecule has 27 heavy (non-hydrogen) atoms. The number of carbonyl (C=O) groups excluding carboxylic acids is 2. The zero-order chi connectivity index (χ0) is 19.6. The summed E-state index contributed by atoms with van der Waals surface area (Å²) in [6.45, 7) is 5.57. The lowest BCUT2D eigenvalue weighted by Crippen LogP contribution is -2.68. The smallest absolute Gasteiger partial charge is 0.410 e. The first-order valence-electron chi connectivity index (χ1n) is 9.02. The van der Waals surface area contributed by atoms with Crippen LogP contribution in [-0.4, -0.2) is 52.3 Å². The summed E-state index contributed by atoms with van der Waals surface area (Å²) in [5.74, 6) is -1.58. The van der Waals surface area contributed by atoms with Crippen LogP contribution in [0.4, 0.5) is 13.6 Å². The molecule has 3 heterocycles. The molecule has 3 fully saturated rings. The molecule has 4 rings (SSSR count). The molecule has 3 saturated heterocycles. The van der Waals surface area contributed by atoms with E-state index in [1.807, 2.05) is 0 Å². The van der Waals surface area contributed by atoms with Crippen molar-refractivity contribution in [2.75, 3.05) is 13.1 Å². The zero-order valence-electron chi connectivity index (χ0n) is 15.5. The third kappa shape index (κ3) is 3.05. The fraction of sp³-hybridized carbons (Fsp3) is 0.579. The summed E-state index contributed by atoms with van der Waals surface area (Å²) in [6.07, 6.45) is 0.239. The van der Waals surface area contributed by atoms with Crippen LogP contribution in [0, 0.1) is 11.6 Å². The van der Waals surface area contributed by atoms with Gasteiger partial charge in [-0.1, -0.05) is 0 Å². The fourth-order valence-corrected chi connectivity index (χ4v) is 4.04. The van der Waals surface area contributed by atoms with E-state index < -0.39 is 41.2 Å². The molecule has 3 aliphatic heterocycles. The van der Waals surface area contributed by atoms with Crippen molar-refractivity contribution in [2.45, 2.75) is 57.1 Å². The highest BCUT2D eigenvalue weighted by molar-refractivity contribution is 5.91. The molecular weight excluding hydrogens is 358 g/mol. The summed E-state index contributed by atoms with van der Waals surface area (Å²) in [5.41, 5.74) is -1.27. The van der Waals surface area contributed by atoms with E-state index in [9.17, 15) is 18.4 Å². The third-order valence-corrected chi connectivity index (χ3v) is 5.13. The number of ether oxygens (including phenoxy) is 2. The van der Waals surface area contributed by atoms with E-state index in [1.165, 1.54) is 17.0 Å². The Labute approximate surface area is 156 Å². The number of hydrogen-bond acceptors (Lipinski definition) is 4. The van der Waals surface area contributed by atoms with Gasteiger partial charge in [-0.2, -0.15) is 0 Å². The van der Waals surface area contributed by atoms with Gasteiger partial charge in [-0.15, -0.1) is 0 Å². The first-order chi connectivity index (χ1) is 12.6. The Balaban J connectivity index is 1.49. The largest absolute Gasteiger partial charge is 0.444 e. The van der Waals surface area contributed by atoms with Crippen molar-refractivity contribution >= 4 is 12.0 Å². The molecule has 0 aliphatic carbocycles. The Morgan fingerprint density at radius 1 is 1.19 bits per heavy atom. The number of halogens is 2. The maximum absolute atomic E-state index is 13.6. The lowest BCUT2D eigenvalue weighted by atomic mass is 9.92. The minimum absolute atomic E-state index is 0.123. The zero-order valence-corrected chi connectivity index (χ0v) is 15.5. The average Bonchev–Trinajstić information content (AvgIpc) is 3.01. The quantitative estimate of drug-likeness (QED) is 0.752. The number of benzene rings is 1. The minimum atomic E-state index is -1.08. The molecule has 0 radical (unpaired) electrons. The third-order valence-electron chi connectivity index (χ3n) is 5.13. The highest BCUT2D eigenvalue weighted by atomic mass is 19.1. The molecule has 1 spiro atoms. The Bertz CT molecular complexity index is 781. The second-order valence-corrected chi connectivity index (χ2v) is 8.41. The molecule has 0 bridgehead atoms. The van der Waals surface area contributed by atoms with Gasteiger partial charge in [0.2, 0.25) is 0 Å². The number of rotatable bonds is 1. The van der Waals surface area contributed by atoms with Gasteiger partial charge in [0.15, 0.2) is 5.60 Å². The number of hydrogen-bond donors (Lipinski definition) is 0. The summed E-state index contributed by atoms with van der Waals surface area (Å²) in [5, 5.41) is 0. The van der Waals surface area contributed by atoms with Gasteiger partial charge < -0.3 is 19.3 Å². The summed E-state index contributed by atoms with van der Waals surface area (Å²) < 4.78 is 38.5. The van der Waals surface area contributed by atoms with Crippen LogP contribution in [0.25, 0.3) is 0 Å². The number of amides is 2. The molecule has 1 aromatic carbocycles. The first kappa shape index (κ1) is 18.2. The molecule has 0 saturated carbocycles. The lowest BCUT2D eigenvalue weighted by molar-refractivity contribution is -0.157. The van der Waals surface area contributed by atoms with Crippen LogP contribution in [-0.2, 0) is 14.3 Å². The van der Waals surface area contributed by atoms with Crippen molar-refractivity contribution in [2.24, 2.45) is 0 Å². The van der Waals surface area contributed by atoms with Crippen LogP contribution in [0.1, 0.15) is 45.2 Å². The minimum Gasteiger partial charge on any atom is -0.444 e. The van der Waals surface area contributed by atoms with Gasteiger partial charge in [0.1, 0.15) is 23.5 Å². The molecule has 1 aromatic rings. The SMILES string of the molecule is CC(C)(C)OC(=O)N1CC2(C1)OC1CCC(c3cc(F)cc(F)c3)N1C2=O. The highest BCUT2D eigenvalue weighted by Crippen LogP contribution is 2.47. The Hall–Kier alpha value is -2.22. The predicted molar refractivity (Wildman–Crippen MR) is 90.6 cm³/mol. The molecule has 0 aromatic heterocycles. The van der Waals surface area contributed by atoms with E-state index in [-0.39, 0.29) is 19.0 Å². The van der Waals surface area contributed by atoms with Crippen molar-refractivity contribution in [3.05, 3.63) is 35.4 Å². The van der Waals surface area contributed by atoms with Crippen LogP contribution in [0.5, 0.6) is 0 Å². The molecule has 3 aliphatic rings. The average molecular weight is 380 g/mol. The molecule has 2 atom stereocenters. The monoisotopic (exact) mass is 380 g/mol. The maximum atomic E-state index is 13.6. The van der Waals surface area contributed by atoms with Gasteiger partial charge in [-0.3, -0.25) is 4.79 Å². The van der Waals surface area contributed by atoms with Gasteiger partial charge in [-0.05, 0) is 51.3 Å². The van der Waals surface area contributed by atoms with Crippen LogP contribution in [0.2, 0.25) is 0 Å². The summed E-state index contributed by atoms with van der Waals surface area (Å²) in [4.78, 5) is 28.2. The summed E-state index contributed by atoms with van der Waals surface area (Å²) in [6, 6.07) is 2.89. The molecule has 2 unspecified atom stereocenters. The van der Waals surface area contributed by atoms with Crippen molar-refractivity contribution in [1.29, 1.82) is 0 Å². The van der Waals surface area contributed by atoms with Gasteiger partial charge in [-0.25, -0.2) is 13.6 Å². The second kappa shape index (κ2) is 5.89. The normalized spacial score (nSPS) is 26.3. The van der Waals surface area contributed by atoms with Gasteiger partial charge in [0, 0.05) is 6.07 Å². The van der Waals surface area contributed by atoms with Crippen molar-refractivity contribution in [3.8, 4) is 0 Å². The fourth-order valence-electron chi connectivity index (χ4n) is 4.04. The van der Waals surface area contributed by atoms with Crippen LogP contribution >= 0.6 is 0 Å². The van der Waals surface area contributed by atoms with Crippen LogP contribution in [0.3, 0.4) is 0 Å². The van der Waals surface area contributed by atoms with E-state index >= 15 is 0 Å². The number of fused-ring (bicyclic) bond motifs is 1. The van der Waals surface area contributed by atoms with Gasteiger partial charge in [0.25, 0.3) is 5.91 Å². The highest BCUT2D eigenvalue weighted by Gasteiger charge is 2.64. The molecule has 6 nitrogen and oxygen atoms in total. The van der Waals surface area contributed by atoms with E-state index in [4.69, 9.17) is 9.47 Å². The number of carbonyl (C=O) groups is 2. The first-order valence-corrected chi connectivity index (χ1v) is 9.02. The Kier molecular flexibility index (Phi) is 3.96. The molecule has 2 amide bonds. The van der Waals surface area contributed by atoms with Crippen molar-refractivity contribution < 1.29 is 27.8 Å². The topological polar surface area (TPSA) is 59.1 Å². The van der Waals surface area contributed by atoms with E-state index in [1.54, 1.807) is 25.7 Å². The Morgan fingerprint density at radius 3 is 2.41 bits per heavy atom. The maximum Gasteiger partial charge on any atom is 0.410 e. The van der Waals surface area contributed by atoms with E-state index in [0.29, 0.717) is 18.4 Å². The van der Waals surface area contributed by atoms with E-state index in [0.717, 1.165) is 6.07 Å². The summed E-state index contributed by atoms with van der Waals surface area (Å²) >= 11 is 0. The lowest BCUT2D eigenvalue weighted by Gasteiger charge is -2.45. The van der Waals surface area contributed by atoms with Crippen LogP contribution < -0.4 is 0 Å². The molecule has 8 heteroatoms. The molecular formula is C19H22F2N2O4. The molecule has 0 N–H and O–H groups in total. The standard InChI is InChI=1S/C19H22F2N2O4/c1-18(2,3)27-17(25)22-9-19(10-22)16(24)23-14(4-5-15(23)26-19)11-6-12(20)8-13(21)7-11/h6-8,14-15H,4-5,9-10H2,1-3H3. The number of likely N-dealkylation sites (tertiary alicyclic amines) is 1. The second-order valence-electron chi connectivity index (χ2n) is 8.41. The van der Waals surface area contributed by atoms with Gasteiger partial charge in [0.05, 0.1) is 19.1 Å². The number of nitrogens with zero attached hydrogens (tertiary/aromatic N) is 2. The van der Waals surface area contributed by atoms with Gasteiger partial charge >= 0.3 is 6.09 Å².